The van der Waals surface area contributed by atoms with Crippen molar-refractivity contribution in [3.8, 4) is 0 Å². The van der Waals surface area contributed by atoms with E-state index >= 15 is 0 Å². The van der Waals surface area contributed by atoms with Crippen molar-refractivity contribution in [3.05, 3.63) is 60.2 Å². The molecule has 0 saturated carbocycles. The first-order chi connectivity index (χ1) is 9.61. The number of nitrogens with zero attached hydrogens (tertiary/aromatic N) is 3. The number of nitrogens with two attached hydrogens (primary N) is 1. The number of aromatic nitrogens is 1. The minimum atomic E-state index is -0.407. The maximum atomic E-state index is 13.1. The van der Waals surface area contributed by atoms with E-state index in [9.17, 15) is 4.39 Å². The summed E-state index contributed by atoms with van der Waals surface area (Å²) >= 11 is 0. The molecule has 0 bridgehead atoms. The van der Waals surface area contributed by atoms with Gasteiger partial charge in [-0.15, -0.1) is 0 Å². The van der Waals surface area contributed by atoms with Gasteiger partial charge < -0.3 is 10.6 Å². The molecule has 1 aliphatic rings. The molecule has 1 unspecified atom stereocenters. The third kappa shape index (κ3) is 1.91. The monoisotopic (exact) mass is 270 g/mol. The highest BCUT2D eigenvalue weighted by molar-refractivity contribution is 5.98. The summed E-state index contributed by atoms with van der Waals surface area (Å²) in [5.41, 5.74) is 7.46. The van der Waals surface area contributed by atoms with Gasteiger partial charge in [0, 0.05) is 18.1 Å². The molecule has 1 aromatic heterocycles. The molecule has 2 heterocycles. The van der Waals surface area contributed by atoms with E-state index in [2.05, 4.69) is 16.9 Å². The van der Waals surface area contributed by atoms with Crippen molar-refractivity contribution in [2.45, 2.75) is 12.5 Å². The van der Waals surface area contributed by atoms with E-state index in [1.165, 1.54) is 12.1 Å². The number of rotatable bonds is 2. The lowest BCUT2D eigenvalue weighted by molar-refractivity contribution is 0.530. The van der Waals surface area contributed by atoms with E-state index in [0.717, 1.165) is 11.3 Å². The van der Waals surface area contributed by atoms with Crippen molar-refractivity contribution in [1.29, 1.82) is 0 Å². The van der Waals surface area contributed by atoms with E-state index in [1.807, 2.05) is 23.2 Å². The summed E-state index contributed by atoms with van der Waals surface area (Å²) in [7, 11) is 0. The van der Waals surface area contributed by atoms with Crippen LogP contribution in [0.15, 0.2) is 53.8 Å². The zero-order valence-corrected chi connectivity index (χ0v) is 11.1. The van der Waals surface area contributed by atoms with Crippen molar-refractivity contribution in [2.75, 3.05) is 11.4 Å². The molecule has 0 fully saturated rings. The normalized spacial score (nSPS) is 21.9. The van der Waals surface area contributed by atoms with Gasteiger partial charge in [-0.25, -0.2) is 4.39 Å². The molecule has 1 aliphatic heterocycles. The molecule has 0 saturated heterocycles. The van der Waals surface area contributed by atoms with Crippen LogP contribution < -0.4 is 10.6 Å². The summed E-state index contributed by atoms with van der Waals surface area (Å²) in [4.78, 5) is 10.4. The molecule has 5 heteroatoms. The van der Waals surface area contributed by atoms with Gasteiger partial charge in [0.05, 0.1) is 12.1 Å². The molecule has 4 nitrogen and oxygen atoms in total. The predicted molar refractivity (Wildman–Crippen MR) is 77.0 cm³/mol. The lowest BCUT2D eigenvalue weighted by atomic mass is 9.92. The van der Waals surface area contributed by atoms with Gasteiger partial charge >= 0.3 is 0 Å². The molecule has 3 rings (SSSR count). The predicted octanol–water partition coefficient (Wildman–Crippen LogP) is 2.27. The van der Waals surface area contributed by atoms with Gasteiger partial charge in [-0.05, 0) is 42.8 Å². The van der Waals surface area contributed by atoms with Gasteiger partial charge in [0.2, 0.25) is 0 Å². The van der Waals surface area contributed by atoms with Gasteiger partial charge in [-0.1, -0.05) is 6.07 Å². The molecule has 1 aromatic carbocycles. The van der Waals surface area contributed by atoms with Gasteiger partial charge in [0.25, 0.3) is 0 Å². The zero-order chi connectivity index (χ0) is 14.2. The maximum absolute atomic E-state index is 13.1. The third-order valence-corrected chi connectivity index (χ3v) is 3.64. The van der Waals surface area contributed by atoms with Crippen LogP contribution in [0, 0.1) is 5.82 Å². The molecule has 0 amide bonds. The van der Waals surface area contributed by atoms with Crippen LogP contribution in [0.4, 0.5) is 10.1 Å². The Balaban J connectivity index is 2.06. The van der Waals surface area contributed by atoms with Crippen molar-refractivity contribution >= 4 is 11.6 Å². The average molecular weight is 270 g/mol. The van der Waals surface area contributed by atoms with Crippen molar-refractivity contribution in [3.63, 3.8) is 0 Å². The van der Waals surface area contributed by atoms with Crippen LogP contribution in [0.2, 0.25) is 0 Å². The summed E-state index contributed by atoms with van der Waals surface area (Å²) in [5.74, 6) is 0.162. The first-order valence-corrected chi connectivity index (χ1v) is 6.37. The second-order valence-corrected chi connectivity index (χ2v) is 5.00. The number of pyridine rings is 1. The Hall–Kier alpha value is -2.43. The van der Waals surface area contributed by atoms with Crippen LogP contribution in [0.1, 0.15) is 12.5 Å². The number of hydrogen-bond acceptors (Lipinski definition) is 4. The van der Waals surface area contributed by atoms with Crippen LogP contribution in [-0.4, -0.2) is 17.5 Å². The Kier molecular flexibility index (Phi) is 2.89. The SMILES string of the molecule is CC1(c2cccnc2)CN=C(N)N1c1ccc(F)cc1. The molecule has 0 spiro atoms. The largest absolute Gasteiger partial charge is 0.369 e. The number of halogens is 1. The zero-order valence-electron chi connectivity index (χ0n) is 11.1. The second-order valence-electron chi connectivity index (χ2n) is 5.00. The van der Waals surface area contributed by atoms with Crippen molar-refractivity contribution in [1.82, 2.24) is 4.98 Å². The number of aliphatic imine (C=N–C) groups is 1. The molecule has 20 heavy (non-hydrogen) atoms. The van der Waals surface area contributed by atoms with Gasteiger partial charge in [0.1, 0.15) is 5.82 Å². The molecular weight excluding hydrogens is 255 g/mol. The van der Waals surface area contributed by atoms with Gasteiger partial charge in [-0.2, -0.15) is 0 Å². The molecule has 1 atom stereocenters. The third-order valence-electron chi connectivity index (χ3n) is 3.64. The fourth-order valence-corrected chi connectivity index (χ4v) is 2.54. The Morgan fingerprint density at radius 2 is 2.00 bits per heavy atom. The van der Waals surface area contributed by atoms with Crippen LogP contribution in [-0.2, 0) is 5.54 Å². The Labute approximate surface area is 116 Å². The number of guanidine groups is 1. The lowest BCUT2D eigenvalue weighted by Crippen LogP contribution is -2.47. The minimum absolute atomic E-state index is 0.272. The molecule has 2 aromatic rings. The standard InChI is InChI=1S/C15H15FN4/c1-15(11-3-2-8-18-9-11)10-19-14(17)20(15)13-6-4-12(16)5-7-13/h2-9H,10H2,1H3,(H2,17,19). The van der Waals surface area contributed by atoms with Gasteiger partial charge in [-0.3, -0.25) is 9.98 Å². The summed E-state index contributed by atoms with van der Waals surface area (Å²) < 4.78 is 13.1. The fourth-order valence-electron chi connectivity index (χ4n) is 2.54. The van der Waals surface area contributed by atoms with Crippen molar-refractivity contribution in [2.24, 2.45) is 10.7 Å². The molecule has 0 aliphatic carbocycles. The quantitative estimate of drug-likeness (QED) is 0.910. The Morgan fingerprint density at radius 3 is 2.65 bits per heavy atom. The first kappa shape index (κ1) is 12.6. The fraction of sp³-hybridized carbons (Fsp3) is 0.200. The molecule has 2 N–H and O–H groups in total. The number of anilines is 1. The Morgan fingerprint density at radius 1 is 1.25 bits per heavy atom. The van der Waals surface area contributed by atoms with E-state index in [0.29, 0.717) is 12.5 Å². The highest BCUT2D eigenvalue weighted by atomic mass is 19.1. The second kappa shape index (κ2) is 4.59. The maximum Gasteiger partial charge on any atom is 0.196 e. The van der Waals surface area contributed by atoms with Crippen molar-refractivity contribution < 1.29 is 4.39 Å². The number of hydrogen-bond donors (Lipinski definition) is 1. The topological polar surface area (TPSA) is 54.5 Å². The summed E-state index contributed by atoms with van der Waals surface area (Å²) in [5, 5.41) is 0. The van der Waals surface area contributed by atoms with Crippen LogP contribution in [0.5, 0.6) is 0 Å². The molecule has 102 valence electrons. The summed E-state index contributed by atoms with van der Waals surface area (Å²) in [6.07, 6.45) is 3.54. The molecule has 0 radical (unpaired) electrons. The number of benzene rings is 1. The average Bonchev–Trinajstić information content (AvgIpc) is 2.78. The smallest absolute Gasteiger partial charge is 0.196 e. The van der Waals surface area contributed by atoms with Crippen LogP contribution in [0.3, 0.4) is 0 Å². The highest BCUT2D eigenvalue weighted by Gasteiger charge is 2.40. The Bertz CT molecular complexity index is 639. The molecular formula is C15H15FN4. The first-order valence-electron chi connectivity index (χ1n) is 6.37. The minimum Gasteiger partial charge on any atom is -0.369 e. The van der Waals surface area contributed by atoms with E-state index in [-0.39, 0.29) is 5.82 Å². The summed E-state index contributed by atoms with van der Waals surface area (Å²) in [6.45, 7) is 2.60. The lowest BCUT2D eigenvalue weighted by Gasteiger charge is -2.36. The van der Waals surface area contributed by atoms with E-state index in [4.69, 9.17) is 5.73 Å². The van der Waals surface area contributed by atoms with E-state index < -0.39 is 5.54 Å². The highest BCUT2D eigenvalue weighted by Crippen LogP contribution is 2.36. The van der Waals surface area contributed by atoms with E-state index in [1.54, 1.807) is 18.3 Å². The summed E-state index contributed by atoms with van der Waals surface area (Å²) in [6, 6.07) is 10.1. The van der Waals surface area contributed by atoms with Crippen LogP contribution in [0.25, 0.3) is 0 Å². The van der Waals surface area contributed by atoms with Crippen LogP contribution >= 0.6 is 0 Å². The van der Waals surface area contributed by atoms with Gasteiger partial charge in [0.15, 0.2) is 5.96 Å².